The SMILES string of the molecule is O=C(Nc1cccc(Cl)c1)NC1C[C@H]2CCC[C@@H](C1)[NH+]2C1CCCC1. The Morgan fingerprint density at radius 2 is 1.68 bits per heavy atom. The second-order valence-electron chi connectivity index (χ2n) is 8.08. The molecule has 4 rings (SSSR count). The van der Waals surface area contributed by atoms with E-state index >= 15 is 0 Å². The van der Waals surface area contributed by atoms with Gasteiger partial charge in [0.05, 0.1) is 18.1 Å². The zero-order valence-electron chi connectivity index (χ0n) is 14.8. The molecule has 2 saturated heterocycles. The summed E-state index contributed by atoms with van der Waals surface area (Å²) in [7, 11) is 0. The number of fused-ring (bicyclic) bond motifs is 2. The topological polar surface area (TPSA) is 45.6 Å². The van der Waals surface area contributed by atoms with Gasteiger partial charge in [0.25, 0.3) is 0 Å². The van der Waals surface area contributed by atoms with E-state index in [1.165, 1.54) is 44.9 Å². The molecule has 4 atom stereocenters. The number of halogens is 1. The first-order valence-corrected chi connectivity index (χ1v) is 10.3. The van der Waals surface area contributed by atoms with Gasteiger partial charge in [0.15, 0.2) is 0 Å². The van der Waals surface area contributed by atoms with Crippen LogP contribution in [-0.4, -0.2) is 30.2 Å². The molecule has 25 heavy (non-hydrogen) atoms. The van der Waals surface area contributed by atoms with Crippen LogP contribution in [0.4, 0.5) is 10.5 Å². The fourth-order valence-electron chi connectivity index (χ4n) is 5.53. The standard InChI is InChI=1S/C20H28ClN3O/c21-14-5-3-6-15(11-14)22-20(25)23-16-12-18-9-4-10-19(13-16)24(18)17-7-1-2-8-17/h3,5-6,11,16-19H,1-2,4,7-10,12-13H2,(H2,22,23,25)/p+1/t16?,18-,19+. The molecule has 1 saturated carbocycles. The zero-order valence-corrected chi connectivity index (χ0v) is 15.5. The van der Waals surface area contributed by atoms with Gasteiger partial charge in [0.2, 0.25) is 0 Å². The maximum Gasteiger partial charge on any atom is 0.319 e. The summed E-state index contributed by atoms with van der Waals surface area (Å²) in [5.41, 5.74) is 0.749. The molecule has 2 aliphatic heterocycles. The van der Waals surface area contributed by atoms with Crippen LogP contribution in [0.5, 0.6) is 0 Å². The maximum absolute atomic E-state index is 12.4. The van der Waals surface area contributed by atoms with Crippen molar-refractivity contribution in [1.29, 1.82) is 0 Å². The highest BCUT2D eigenvalue weighted by Gasteiger charge is 2.46. The molecule has 1 aromatic carbocycles. The summed E-state index contributed by atoms with van der Waals surface area (Å²) in [5.74, 6) is 0. The third kappa shape index (κ3) is 3.95. The number of piperidine rings is 2. The Kier molecular flexibility index (Phi) is 5.18. The summed E-state index contributed by atoms with van der Waals surface area (Å²) in [6.45, 7) is 0. The van der Waals surface area contributed by atoms with Crippen LogP contribution in [0, 0.1) is 0 Å². The first-order chi connectivity index (χ1) is 12.2. The number of quaternary nitrogens is 1. The number of nitrogens with one attached hydrogen (secondary N) is 3. The molecule has 2 bridgehead atoms. The van der Waals surface area contributed by atoms with Gasteiger partial charge in [-0.2, -0.15) is 0 Å². The van der Waals surface area contributed by atoms with E-state index in [9.17, 15) is 4.79 Å². The summed E-state index contributed by atoms with van der Waals surface area (Å²) in [6.07, 6.45) is 11.9. The van der Waals surface area contributed by atoms with Crippen molar-refractivity contribution < 1.29 is 9.69 Å². The minimum atomic E-state index is -0.102. The van der Waals surface area contributed by atoms with E-state index in [1.807, 2.05) is 23.1 Å². The van der Waals surface area contributed by atoms with Crippen molar-refractivity contribution in [3.63, 3.8) is 0 Å². The molecule has 1 aromatic rings. The van der Waals surface area contributed by atoms with Gasteiger partial charge >= 0.3 is 6.03 Å². The van der Waals surface area contributed by atoms with E-state index in [4.69, 9.17) is 11.6 Å². The van der Waals surface area contributed by atoms with Crippen molar-refractivity contribution in [2.45, 2.75) is 82.0 Å². The Balaban J connectivity index is 1.35. The van der Waals surface area contributed by atoms with E-state index in [-0.39, 0.29) is 6.03 Å². The molecule has 1 aliphatic carbocycles. The highest BCUT2D eigenvalue weighted by atomic mass is 35.5. The van der Waals surface area contributed by atoms with Crippen molar-refractivity contribution in [3.05, 3.63) is 29.3 Å². The number of benzene rings is 1. The lowest BCUT2D eigenvalue weighted by Gasteiger charge is -2.48. The van der Waals surface area contributed by atoms with Crippen molar-refractivity contribution in [2.24, 2.45) is 0 Å². The Hall–Kier alpha value is -1.26. The second kappa shape index (κ2) is 7.55. The molecule has 136 valence electrons. The molecular weight excluding hydrogens is 334 g/mol. The number of hydrogen-bond donors (Lipinski definition) is 3. The van der Waals surface area contributed by atoms with E-state index in [0.717, 1.165) is 36.7 Å². The van der Waals surface area contributed by atoms with Gasteiger partial charge in [-0.1, -0.05) is 17.7 Å². The van der Waals surface area contributed by atoms with Crippen LogP contribution in [0.25, 0.3) is 0 Å². The predicted octanol–water partition coefficient (Wildman–Crippen LogP) is 3.37. The number of anilines is 1. The minimum absolute atomic E-state index is 0.102. The van der Waals surface area contributed by atoms with Gasteiger partial charge in [-0.25, -0.2) is 4.79 Å². The van der Waals surface area contributed by atoms with Crippen molar-refractivity contribution in [3.8, 4) is 0 Å². The highest BCUT2D eigenvalue weighted by Crippen LogP contribution is 2.26. The van der Waals surface area contributed by atoms with Crippen LogP contribution < -0.4 is 15.5 Å². The molecule has 5 heteroatoms. The molecule has 3 aliphatic rings. The van der Waals surface area contributed by atoms with Crippen molar-refractivity contribution in [2.75, 3.05) is 5.32 Å². The normalized spacial score (nSPS) is 32.4. The number of carbonyl (C=O) groups excluding carboxylic acids is 1. The fraction of sp³-hybridized carbons (Fsp3) is 0.650. The average molecular weight is 363 g/mol. The largest absolute Gasteiger partial charge is 0.335 e. The molecule has 4 nitrogen and oxygen atoms in total. The lowest BCUT2D eigenvalue weighted by molar-refractivity contribution is -0.982. The molecule has 2 unspecified atom stereocenters. The molecular formula is C20H29ClN3O+. The van der Waals surface area contributed by atoms with E-state index in [0.29, 0.717) is 11.1 Å². The number of amides is 2. The Labute approximate surface area is 155 Å². The average Bonchev–Trinajstić information content (AvgIpc) is 3.08. The minimum Gasteiger partial charge on any atom is -0.335 e. The van der Waals surface area contributed by atoms with E-state index < -0.39 is 0 Å². The maximum atomic E-state index is 12.4. The van der Waals surface area contributed by atoms with Gasteiger partial charge in [-0.3, -0.25) is 0 Å². The predicted molar refractivity (Wildman–Crippen MR) is 101 cm³/mol. The zero-order chi connectivity index (χ0) is 17.2. The molecule has 3 fully saturated rings. The summed E-state index contributed by atoms with van der Waals surface area (Å²) in [6, 6.07) is 9.89. The van der Waals surface area contributed by atoms with Gasteiger partial charge in [0.1, 0.15) is 0 Å². The van der Waals surface area contributed by atoms with Gasteiger partial charge < -0.3 is 15.5 Å². The highest BCUT2D eigenvalue weighted by molar-refractivity contribution is 6.30. The first kappa shape index (κ1) is 17.2. The third-order valence-corrected chi connectivity index (χ3v) is 6.67. The Morgan fingerprint density at radius 3 is 2.36 bits per heavy atom. The van der Waals surface area contributed by atoms with Crippen LogP contribution in [0.3, 0.4) is 0 Å². The molecule has 2 amide bonds. The van der Waals surface area contributed by atoms with Crippen molar-refractivity contribution in [1.82, 2.24) is 5.32 Å². The monoisotopic (exact) mass is 362 g/mol. The van der Waals surface area contributed by atoms with Gasteiger partial charge in [0, 0.05) is 29.6 Å². The fourth-order valence-corrected chi connectivity index (χ4v) is 5.72. The van der Waals surface area contributed by atoms with E-state index in [1.54, 1.807) is 6.07 Å². The molecule has 2 heterocycles. The van der Waals surface area contributed by atoms with Crippen LogP contribution >= 0.6 is 11.6 Å². The third-order valence-electron chi connectivity index (χ3n) is 6.43. The Bertz CT molecular complexity index is 603. The lowest BCUT2D eigenvalue weighted by atomic mass is 9.80. The summed E-state index contributed by atoms with van der Waals surface area (Å²) < 4.78 is 0. The molecule has 0 aromatic heterocycles. The lowest BCUT2D eigenvalue weighted by Crippen LogP contribution is -3.24. The van der Waals surface area contributed by atoms with Gasteiger partial charge in [-0.05, 0) is 63.1 Å². The smallest absolute Gasteiger partial charge is 0.319 e. The summed E-state index contributed by atoms with van der Waals surface area (Å²) >= 11 is 5.99. The Morgan fingerprint density at radius 1 is 1.00 bits per heavy atom. The van der Waals surface area contributed by atoms with Crippen molar-refractivity contribution >= 4 is 23.3 Å². The number of rotatable bonds is 3. The number of hydrogen-bond acceptors (Lipinski definition) is 1. The molecule has 3 N–H and O–H groups in total. The number of urea groups is 1. The first-order valence-electron chi connectivity index (χ1n) is 9.89. The van der Waals surface area contributed by atoms with Gasteiger partial charge in [-0.15, -0.1) is 0 Å². The van der Waals surface area contributed by atoms with Crippen LogP contribution in [-0.2, 0) is 0 Å². The van der Waals surface area contributed by atoms with Crippen LogP contribution in [0.1, 0.15) is 57.8 Å². The van der Waals surface area contributed by atoms with Crippen LogP contribution in [0.15, 0.2) is 24.3 Å². The molecule has 0 spiro atoms. The second-order valence-corrected chi connectivity index (χ2v) is 8.52. The quantitative estimate of drug-likeness (QED) is 0.758. The summed E-state index contributed by atoms with van der Waals surface area (Å²) in [5, 5.41) is 6.78. The van der Waals surface area contributed by atoms with Crippen LogP contribution in [0.2, 0.25) is 5.02 Å². The number of carbonyl (C=O) groups is 1. The molecule has 0 radical (unpaired) electrons. The summed E-state index contributed by atoms with van der Waals surface area (Å²) in [4.78, 5) is 14.3. The van der Waals surface area contributed by atoms with E-state index in [2.05, 4.69) is 10.6 Å².